The Morgan fingerprint density at radius 3 is 2.78 bits per heavy atom. The lowest BCUT2D eigenvalue weighted by Crippen LogP contribution is -2.18. The third kappa shape index (κ3) is 5.85. The Balaban J connectivity index is 2.52. The van der Waals surface area contributed by atoms with Gasteiger partial charge >= 0.3 is 0 Å². The van der Waals surface area contributed by atoms with Gasteiger partial charge in [-0.25, -0.2) is 0 Å². The monoisotopic (exact) mass is 315 g/mol. The molecule has 1 rings (SSSR count). The van der Waals surface area contributed by atoms with Gasteiger partial charge in [0.2, 0.25) is 0 Å². The third-order valence-electron chi connectivity index (χ3n) is 2.27. The minimum atomic E-state index is 0.524. The minimum Gasteiger partial charge on any atom is -0.493 e. The highest BCUT2D eigenvalue weighted by molar-refractivity contribution is 9.10. The summed E-state index contributed by atoms with van der Waals surface area (Å²) >= 11 is 3.47. The van der Waals surface area contributed by atoms with Gasteiger partial charge in [0.25, 0.3) is 0 Å². The highest BCUT2D eigenvalue weighted by atomic mass is 79.9. The summed E-state index contributed by atoms with van der Waals surface area (Å²) in [4.78, 5) is 5.38. The molecule has 1 aromatic rings. The first-order valence-electron chi connectivity index (χ1n) is 6.39. The summed E-state index contributed by atoms with van der Waals surface area (Å²) in [5.41, 5.74) is 4.07. The van der Waals surface area contributed by atoms with Crippen LogP contribution in [0, 0.1) is 5.92 Å². The molecule has 0 unspecified atom stereocenters. The number of hydrogen-bond acceptors (Lipinski definition) is 3. The first-order valence-corrected chi connectivity index (χ1v) is 7.18. The van der Waals surface area contributed by atoms with E-state index in [0.717, 1.165) is 28.8 Å². The Morgan fingerprint density at radius 1 is 1.33 bits per heavy atom. The van der Waals surface area contributed by atoms with Crippen LogP contribution in [-0.4, -0.2) is 13.2 Å². The Morgan fingerprint density at radius 2 is 2.11 bits per heavy atom. The van der Waals surface area contributed by atoms with Crippen molar-refractivity contribution in [1.29, 1.82) is 0 Å². The summed E-state index contributed by atoms with van der Waals surface area (Å²) in [7, 11) is 0. The van der Waals surface area contributed by atoms with Gasteiger partial charge in [0.15, 0.2) is 0 Å². The lowest BCUT2D eigenvalue weighted by molar-refractivity contribution is 0.0192. The number of rotatable bonds is 8. The van der Waals surface area contributed by atoms with Crippen LogP contribution in [-0.2, 0) is 11.4 Å². The van der Waals surface area contributed by atoms with E-state index in [1.807, 2.05) is 12.1 Å². The van der Waals surface area contributed by atoms with Gasteiger partial charge in [0, 0.05) is 16.6 Å². The van der Waals surface area contributed by atoms with Gasteiger partial charge in [0.1, 0.15) is 5.75 Å². The Bertz CT molecular complexity index is 356. The van der Waals surface area contributed by atoms with E-state index in [1.54, 1.807) is 0 Å². The third-order valence-corrected chi connectivity index (χ3v) is 2.76. The Kier molecular flexibility index (Phi) is 7.32. The van der Waals surface area contributed by atoms with Gasteiger partial charge in [-0.15, -0.1) is 0 Å². The fourth-order valence-corrected chi connectivity index (χ4v) is 1.80. The molecule has 0 bridgehead atoms. The van der Waals surface area contributed by atoms with E-state index >= 15 is 0 Å². The normalized spacial score (nSPS) is 10.9. The first-order chi connectivity index (χ1) is 8.63. The molecular formula is C14H22BrNO2. The molecule has 0 radical (unpaired) electrons. The highest BCUT2D eigenvalue weighted by Gasteiger charge is 2.04. The average molecular weight is 316 g/mol. The fourth-order valence-electron chi connectivity index (χ4n) is 1.39. The number of benzene rings is 1. The van der Waals surface area contributed by atoms with Crippen molar-refractivity contribution in [1.82, 2.24) is 5.48 Å². The summed E-state index contributed by atoms with van der Waals surface area (Å²) < 4.78 is 6.75. The van der Waals surface area contributed by atoms with Crippen molar-refractivity contribution < 1.29 is 9.57 Å². The van der Waals surface area contributed by atoms with Crippen molar-refractivity contribution in [3.63, 3.8) is 0 Å². The SMILES string of the molecule is CCCOc1ccc(Br)cc1CNOCC(C)C. The van der Waals surface area contributed by atoms with Crippen LogP contribution in [0.4, 0.5) is 0 Å². The van der Waals surface area contributed by atoms with E-state index in [0.29, 0.717) is 19.1 Å². The molecule has 0 fully saturated rings. The van der Waals surface area contributed by atoms with E-state index in [2.05, 4.69) is 48.2 Å². The van der Waals surface area contributed by atoms with Gasteiger partial charge < -0.3 is 9.57 Å². The molecule has 18 heavy (non-hydrogen) atoms. The van der Waals surface area contributed by atoms with Crippen LogP contribution in [0.25, 0.3) is 0 Å². The summed E-state index contributed by atoms with van der Waals surface area (Å²) in [6, 6.07) is 6.03. The summed E-state index contributed by atoms with van der Waals surface area (Å²) in [5, 5.41) is 0. The summed E-state index contributed by atoms with van der Waals surface area (Å²) in [6.07, 6.45) is 1.01. The average Bonchev–Trinajstić information content (AvgIpc) is 2.33. The zero-order chi connectivity index (χ0) is 13.4. The smallest absolute Gasteiger partial charge is 0.123 e. The zero-order valence-corrected chi connectivity index (χ0v) is 12.9. The van der Waals surface area contributed by atoms with Crippen molar-refractivity contribution in [2.75, 3.05) is 13.2 Å². The van der Waals surface area contributed by atoms with Crippen molar-refractivity contribution in [2.45, 2.75) is 33.7 Å². The zero-order valence-electron chi connectivity index (χ0n) is 11.3. The van der Waals surface area contributed by atoms with Crippen molar-refractivity contribution >= 4 is 15.9 Å². The first kappa shape index (κ1) is 15.5. The molecule has 1 aromatic carbocycles. The molecule has 0 aliphatic rings. The molecule has 3 nitrogen and oxygen atoms in total. The van der Waals surface area contributed by atoms with Gasteiger partial charge in [-0.2, -0.15) is 5.48 Å². The number of hydroxylamine groups is 1. The van der Waals surface area contributed by atoms with Crippen LogP contribution in [0.2, 0.25) is 0 Å². The maximum absolute atomic E-state index is 5.70. The number of hydrogen-bond donors (Lipinski definition) is 1. The second kappa shape index (κ2) is 8.51. The minimum absolute atomic E-state index is 0.524. The molecule has 0 aromatic heterocycles. The number of nitrogens with one attached hydrogen (secondary N) is 1. The molecule has 0 heterocycles. The Hall–Kier alpha value is -0.580. The molecule has 0 saturated carbocycles. The molecule has 0 saturated heterocycles. The molecule has 0 aliphatic carbocycles. The van der Waals surface area contributed by atoms with Crippen molar-refractivity contribution in [3.05, 3.63) is 28.2 Å². The van der Waals surface area contributed by atoms with E-state index < -0.39 is 0 Å². The van der Waals surface area contributed by atoms with E-state index in [1.165, 1.54) is 0 Å². The maximum Gasteiger partial charge on any atom is 0.123 e. The standard InChI is InChI=1S/C14H22BrNO2/c1-4-7-17-14-6-5-13(15)8-12(14)9-16-18-10-11(2)3/h5-6,8,11,16H,4,7,9-10H2,1-3H3. The molecule has 0 spiro atoms. The molecule has 4 heteroatoms. The van der Waals surface area contributed by atoms with Crippen molar-refractivity contribution in [3.8, 4) is 5.75 Å². The largest absolute Gasteiger partial charge is 0.493 e. The predicted octanol–water partition coefficient (Wildman–Crippen LogP) is 3.92. The summed E-state index contributed by atoms with van der Waals surface area (Å²) in [6.45, 7) is 8.43. The van der Waals surface area contributed by atoms with E-state index in [4.69, 9.17) is 9.57 Å². The molecule has 1 N–H and O–H groups in total. The predicted molar refractivity (Wildman–Crippen MR) is 77.6 cm³/mol. The molecule has 0 amide bonds. The lowest BCUT2D eigenvalue weighted by Gasteiger charge is -2.13. The van der Waals surface area contributed by atoms with Crippen LogP contribution in [0.3, 0.4) is 0 Å². The number of halogens is 1. The van der Waals surface area contributed by atoms with Crippen LogP contribution in [0.1, 0.15) is 32.8 Å². The maximum atomic E-state index is 5.70. The fraction of sp³-hybridized carbons (Fsp3) is 0.571. The van der Waals surface area contributed by atoms with E-state index in [-0.39, 0.29) is 0 Å². The van der Waals surface area contributed by atoms with Crippen molar-refractivity contribution in [2.24, 2.45) is 5.92 Å². The second-order valence-corrected chi connectivity index (χ2v) is 5.54. The van der Waals surface area contributed by atoms with E-state index in [9.17, 15) is 0 Å². The van der Waals surface area contributed by atoms with Crippen LogP contribution < -0.4 is 10.2 Å². The molecule has 0 aliphatic heterocycles. The van der Waals surface area contributed by atoms with Crippen LogP contribution >= 0.6 is 15.9 Å². The molecule has 0 atom stereocenters. The Labute approximate surface area is 118 Å². The quantitative estimate of drug-likeness (QED) is 0.582. The van der Waals surface area contributed by atoms with Crippen LogP contribution in [0.5, 0.6) is 5.75 Å². The number of ether oxygens (including phenoxy) is 1. The van der Waals surface area contributed by atoms with Gasteiger partial charge in [-0.3, -0.25) is 0 Å². The van der Waals surface area contributed by atoms with Crippen LogP contribution in [0.15, 0.2) is 22.7 Å². The van der Waals surface area contributed by atoms with Gasteiger partial charge in [-0.1, -0.05) is 36.7 Å². The summed E-state index contributed by atoms with van der Waals surface area (Å²) in [5.74, 6) is 1.44. The lowest BCUT2D eigenvalue weighted by atomic mass is 10.2. The van der Waals surface area contributed by atoms with Gasteiger partial charge in [0.05, 0.1) is 13.2 Å². The topological polar surface area (TPSA) is 30.5 Å². The molecular weight excluding hydrogens is 294 g/mol. The molecule has 102 valence electrons. The van der Waals surface area contributed by atoms with Gasteiger partial charge in [-0.05, 0) is 30.5 Å². The second-order valence-electron chi connectivity index (χ2n) is 4.63. The highest BCUT2D eigenvalue weighted by Crippen LogP contribution is 2.23.